The number of hydrogen-bond acceptors (Lipinski definition) is 5. The van der Waals surface area contributed by atoms with E-state index in [9.17, 15) is 14.4 Å². The molecule has 37 heavy (non-hydrogen) atoms. The van der Waals surface area contributed by atoms with E-state index in [0.717, 1.165) is 22.9 Å². The fraction of sp³-hybridized carbons (Fsp3) is 0.233. The number of carbonyl (C=O) groups excluding carboxylic acids is 3. The summed E-state index contributed by atoms with van der Waals surface area (Å²) in [5.74, 6) is -1.25. The van der Waals surface area contributed by atoms with E-state index in [0.29, 0.717) is 22.6 Å². The Labute approximate surface area is 215 Å². The summed E-state index contributed by atoms with van der Waals surface area (Å²) in [5, 5.41) is 0.791. The van der Waals surface area contributed by atoms with Crippen molar-refractivity contribution in [3.05, 3.63) is 95.7 Å². The van der Waals surface area contributed by atoms with Crippen LogP contribution in [0.1, 0.15) is 40.9 Å². The molecule has 3 aromatic carbocycles. The number of ketones is 1. The number of aromatic nitrogens is 1. The van der Waals surface area contributed by atoms with Gasteiger partial charge in [0.1, 0.15) is 5.75 Å². The molecule has 188 valence electrons. The predicted octanol–water partition coefficient (Wildman–Crippen LogP) is 5.26. The fourth-order valence-corrected chi connectivity index (χ4v) is 4.92. The number of anilines is 1. The number of aromatic amines is 1. The third-order valence-corrected chi connectivity index (χ3v) is 6.86. The molecule has 0 unspecified atom stereocenters. The maximum atomic E-state index is 13.8. The highest BCUT2D eigenvalue weighted by molar-refractivity contribution is 6.11. The number of Topliss-reactive ketones (excluding diaryl/α,β-unsaturated/α-hetero) is 1. The number of benzene rings is 3. The lowest BCUT2D eigenvalue weighted by Crippen LogP contribution is -2.28. The summed E-state index contributed by atoms with van der Waals surface area (Å²) in [6.07, 6.45) is 1.37. The lowest BCUT2D eigenvalue weighted by molar-refractivity contribution is -0.152. The highest BCUT2D eigenvalue weighted by atomic mass is 16.5. The number of aryl methyl sites for hydroxylation is 1. The molecule has 1 amide bonds. The van der Waals surface area contributed by atoms with E-state index in [1.165, 1.54) is 12.0 Å². The maximum Gasteiger partial charge on any atom is 0.312 e. The normalized spacial score (nSPS) is 16.1. The van der Waals surface area contributed by atoms with Gasteiger partial charge in [0.25, 0.3) is 0 Å². The topological polar surface area (TPSA) is 88.7 Å². The SMILES string of the molecule is CCc1cccc2c(C(=O)[C@H](OC(=O)[C@@H]3CC(=O)N(c4ccccc4OC)C3)c3ccccc3)c[nH]c12. The maximum absolute atomic E-state index is 13.8. The first-order valence-electron chi connectivity index (χ1n) is 12.3. The van der Waals surface area contributed by atoms with Gasteiger partial charge >= 0.3 is 5.97 Å². The molecule has 7 heteroatoms. The predicted molar refractivity (Wildman–Crippen MR) is 141 cm³/mol. The van der Waals surface area contributed by atoms with Crippen molar-refractivity contribution in [3.8, 4) is 5.75 Å². The molecule has 5 rings (SSSR count). The number of rotatable bonds is 8. The number of H-pyrrole nitrogens is 1. The number of fused-ring (bicyclic) bond motifs is 1. The van der Waals surface area contributed by atoms with Crippen LogP contribution in [0.4, 0.5) is 5.69 Å². The molecule has 2 atom stereocenters. The van der Waals surface area contributed by atoms with Gasteiger partial charge in [0.15, 0.2) is 6.10 Å². The molecule has 2 heterocycles. The number of ether oxygens (including phenoxy) is 2. The first-order chi connectivity index (χ1) is 18.0. The summed E-state index contributed by atoms with van der Waals surface area (Å²) >= 11 is 0. The fourth-order valence-electron chi connectivity index (χ4n) is 4.92. The van der Waals surface area contributed by atoms with Crippen molar-refractivity contribution in [1.82, 2.24) is 4.98 Å². The van der Waals surface area contributed by atoms with Crippen molar-refractivity contribution in [3.63, 3.8) is 0 Å². The van der Waals surface area contributed by atoms with E-state index in [-0.39, 0.29) is 24.7 Å². The number of para-hydroxylation sites is 3. The molecular weight excluding hydrogens is 468 g/mol. The largest absolute Gasteiger partial charge is 0.495 e. The van der Waals surface area contributed by atoms with Crippen molar-refractivity contribution in [2.75, 3.05) is 18.6 Å². The molecule has 0 radical (unpaired) electrons. The Bertz CT molecular complexity index is 1460. The molecule has 0 saturated carbocycles. The van der Waals surface area contributed by atoms with Gasteiger partial charge in [0.2, 0.25) is 11.7 Å². The lowest BCUT2D eigenvalue weighted by atomic mass is 9.98. The van der Waals surface area contributed by atoms with E-state index in [1.54, 1.807) is 42.6 Å². The van der Waals surface area contributed by atoms with E-state index >= 15 is 0 Å². The number of esters is 1. The van der Waals surface area contributed by atoms with Crippen molar-refractivity contribution in [1.29, 1.82) is 0 Å². The smallest absolute Gasteiger partial charge is 0.312 e. The zero-order valence-electron chi connectivity index (χ0n) is 20.8. The van der Waals surface area contributed by atoms with E-state index < -0.39 is 18.0 Å². The second kappa shape index (κ2) is 10.3. The molecule has 1 fully saturated rings. The lowest BCUT2D eigenvalue weighted by Gasteiger charge is -2.21. The van der Waals surface area contributed by atoms with Crippen LogP contribution < -0.4 is 9.64 Å². The summed E-state index contributed by atoms with van der Waals surface area (Å²) in [5.41, 5.74) is 3.65. The Balaban J connectivity index is 1.42. The van der Waals surface area contributed by atoms with Gasteiger partial charge in [-0.1, -0.05) is 67.6 Å². The molecule has 4 aromatic rings. The average molecular weight is 497 g/mol. The third-order valence-electron chi connectivity index (χ3n) is 6.86. The summed E-state index contributed by atoms with van der Waals surface area (Å²) in [6.45, 7) is 2.21. The zero-order valence-corrected chi connectivity index (χ0v) is 20.8. The summed E-state index contributed by atoms with van der Waals surface area (Å²) in [4.78, 5) is 44.8. The quantitative estimate of drug-likeness (QED) is 0.266. The van der Waals surface area contributed by atoms with Gasteiger partial charge in [0.05, 0.1) is 18.7 Å². The van der Waals surface area contributed by atoms with Gasteiger partial charge in [-0.15, -0.1) is 0 Å². The average Bonchev–Trinajstić information content (AvgIpc) is 3.55. The van der Waals surface area contributed by atoms with E-state index in [4.69, 9.17) is 9.47 Å². The van der Waals surface area contributed by atoms with Crippen molar-refractivity contribution >= 4 is 34.3 Å². The van der Waals surface area contributed by atoms with E-state index in [2.05, 4.69) is 11.9 Å². The van der Waals surface area contributed by atoms with Gasteiger partial charge in [0, 0.05) is 41.2 Å². The molecule has 7 nitrogen and oxygen atoms in total. The van der Waals surface area contributed by atoms with Crippen LogP contribution in [0.25, 0.3) is 10.9 Å². The van der Waals surface area contributed by atoms with Crippen LogP contribution in [-0.2, 0) is 20.7 Å². The second-order valence-electron chi connectivity index (χ2n) is 9.06. The molecule has 0 bridgehead atoms. The molecule has 1 aliphatic heterocycles. The number of nitrogens with one attached hydrogen (secondary N) is 1. The van der Waals surface area contributed by atoms with Crippen LogP contribution in [0.15, 0.2) is 79.0 Å². The number of carbonyl (C=O) groups is 3. The Morgan fingerprint density at radius 1 is 1.03 bits per heavy atom. The monoisotopic (exact) mass is 496 g/mol. The van der Waals surface area contributed by atoms with Crippen molar-refractivity contribution in [2.45, 2.75) is 25.9 Å². The van der Waals surface area contributed by atoms with Crippen LogP contribution in [0, 0.1) is 5.92 Å². The van der Waals surface area contributed by atoms with Gasteiger partial charge in [-0.25, -0.2) is 0 Å². The molecule has 1 aliphatic rings. The highest BCUT2D eigenvalue weighted by Gasteiger charge is 2.39. The molecular formula is C30H28N2O5. The molecule has 1 aromatic heterocycles. The van der Waals surface area contributed by atoms with Gasteiger partial charge in [-0.3, -0.25) is 14.4 Å². The van der Waals surface area contributed by atoms with Crippen LogP contribution >= 0.6 is 0 Å². The van der Waals surface area contributed by atoms with Crippen molar-refractivity contribution in [2.24, 2.45) is 5.92 Å². The Morgan fingerprint density at radius 2 is 1.78 bits per heavy atom. The minimum Gasteiger partial charge on any atom is -0.495 e. The Hall–Kier alpha value is -4.39. The Kier molecular flexibility index (Phi) is 6.77. The van der Waals surface area contributed by atoms with Crippen LogP contribution in [-0.4, -0.2) is 36.3 Å². The van der Waals surface area contributed by atoms with Gasteiger partial charge < -0.3 is 19.4 Å². The van der Waals surface area contributed by atoms with Crippen molar-refractivity contribution < 1.29 is 23.9 Å². The highest BCUT2D eigenvalue weighted by Crippen LogP contribution is 2.35. The van der Waals surface area contributed by atoms with E-state index in [1.807, 2.05) is 36.4 Å². The molecule has 1 N–H and O–H groups in total. The first kappa shape index (κ1) is 24.3. The number of hydrogen-bond donors (Lipinski definition) is 1. The third kappa shape index (κ3) is 4.60. The summed E-state index contributed by atoms with van der Waals surface area (Å²) in [6, 6.07) is 22.0. The molecule has 0 spiro atoms. The summed E-state index contributed by atoms with van der Waals surface area (Å²) < 4.78 is 11.3. The van der Waals surface area contributed by atoms with Gasteiger partial charge in [-0.2, -0.15) is 0 Å². The second-order valence-corrected chi connectivity index (χ2v) is 9.06. The summed E-state index contributed by atoms with van der Waals surface area (Å²) in [7, 11) is 1.54. The number of amides is 1. The first-order valence-corrected chi connectivity index (χ1v) is 12.3. The minimum atomic E-state index is -1.13. The number of methoxy groups -OCH3 is 1. The van der Waals surface area contributed by atoms with Crippen LogP contribution in [0.3, 0.4) is 0 Å². The number of nitrogens with zero attached hydrogens (tertiary/aromatic N) is 1. The van der Waals surface area contributed by atoms with Gasteiger partial charge in [-0.05, 0) is 24.1 Å². The zero-order chi connectivity index (χ0) is 25.9. The molecule has 0 aliphatic carbocycles. The Morgan fingerprint density at radius 3 is 2.54 bits per heavy atom. The standard InChI is InChI=1S/C30H28N2O5/c1-3-19-12-9-13-22-23(17-31-27(19)22)28(34)29(20-10-5-4-6-11-20)37-30(35)21-16-26(33)32(18-21)24-14-7-8-15-25(24)36-2/h4-15,17,21,29,31H,3,16,18H2,1-2H3/t21-,29-/m1/s1. The van der Waals surface area contributed by atoms with Crippen LogP contribution in [0.5, 0.6) is 5.75 Å². The van der Waals surface area contributed by atoms with Crippen LogP contribution in [0.2, 0.25) is 0 Å². The minimum absolute atomic E-state index is 0.000469. The molecule has 1 saturated heterocycles.